The zero-order valence-corrected chi connectivity index (χ0v) is 17.3. The maximum atomic E-state index is 12.0. The lowest BCUT2D eigenvalue weighted by atomic mass is 9.82. The second-order valence-corrected chi connectivity index (χ2v) is 8.65. The number of hydrogen-bond donors (Lipinski definition) is 1. The molecule has 1 aromatic carbocycles. The van der Waals surface area contributed by atoms with Crippen molar-refractivity contribution in [3.05, 3.63) is 71.1 Å². The quantitative estimate of drug-likeness (QED) is 0.802. The summed E-state index contributed by atoms with van der Waals surface area (Å²) >= 11 is 0. The van der Waals surface area contributed by atoms with Gasteiger partial charge in [-0.1, -0.05) is 31.2 Å². The number of allylic oxidation sites excluding steroid dienone is 2. The van der Waals surface area contributed by atoms with Crippen molar-refractivity contribution in [1.82, 2.24) is 9.88 Å². The number of benzene rings is 1. The molecule has 2 heterocycles. The molecule has 1 unspecified atom stereocenters. The third-order valence-corrected chi connectivity index (χ3v) is 6.50. The lowest BCUT2D eigenvalue weighted by Gasteiger charge is -2.32. The van der Waals surface area contributed by atoms with Gasteiger partial charge in [-0.2, -0.15) is 0 Å². The highest BCUT2D eigenvalue weighted by molar-refractivity contribution is 5.98. The molecule has 1 aliphatic carbocycles. The maximum absolute atomic E-state index is 12.0. The van der Waals surface area contributed by atoms with Crippen LogP contribution in [0.15, 0.2) is 48.7 Å². The Morgan fingerprint density at radius 3 is 2.66 bits per heavy atom. The summed E-state index contributed by atoms with van der Waals surface area (Å²) in [5.74, 6) is 0.942. The normalized spacial score (nSPS) is 21.0. The summed E-state index contributed by atoms with van der Waals surface area (Å²) in [6, 6.07) is 12.4. The molecule has 0 radical (unpaired) electrons. The third-order valence-electron chi connectivity index (χ3n) is 6.50. The van der Waals surface area contributed by atoms with E-state index < -0.39 is 0 Å². The topological polar surface area (TPSA) is 59.2 Å². The second kappa shape index (κ2) is 8.91. The fourth-order valence-corrected chi connectivity index (χ4v) is 4.65. The first-order valence-corrected chi connectivity index (χ1v) is 10.9. The van der Waals surface area contributed by atoms with Crippen LogP contribution in [-0.2, 0) is 6.54 Å². The van der Waals surface area contributed by atoms with Gasteiger partial charge in [0, 0.05) is 18.3 Å². The molecule has 1 aliphatic heterocycles. The van der Waals surface area contributed by atoms with E-state index in [1.807, 2.05) is 18.3 Å². The standard InChI is InChI=1S/C25H31N3O/c1-18-5-7-20(8-6-18)24-16-21(9-10-23(24)25(26)29)19-11-14-28(15-12-19)17-22-4-2-3-13-27-22/h2-4,7,9-10,13,16,18-19H,5-6,8,11-12,14-15,17H2,1H3,(H2,26,29). The van der Waals surface area contributed by atoms with Gasteiger partial charge < -0.3 is 5.73 Å². The Hall–Kier alpha value is -2.46. The molecule has 1 atom stereocenters. The van der Waals surface area contributed by atoms with Crippen molar-refractivity contribution >= 4 is 11.5 Å². The SMILES string of the molecule is CC1CC=C(c2cc(C3CCN(Cc4ccccn4)CC3)ccc2C(N)=O)CC1. The van der Waals surface area contributed by atoms with Gasteiger partial charge in [0.15, 0.2) is 0 Å². The smallest absolute Gasteiger partial charge is 0.249 e. The number of carbonyl (C=O) groups is 1. The maximum Gasteiger partial charge on any atom is 0.249 e. The molecule has 0 bridgehead atoms. The molecule has 4 heteroatoms. The number of pyridine rings is 1. The van der Waals surface area contributed by atoms with E-state index in [0.29, 0.717) is 11.5 Å². The first-order chi connectivity index (χ1) is 14.1. The molecule has 1 saturated heterocycles. The zero-order chi connectivity index (χ0) is 20.2. The van der Waals surface area contributed by atoms with Gasteiger partial charge in [-0.15, -0.1) is 0 Å². The number of likely N-dealkylation sites (tertiary alicyclic amines) is 1. The molecule has 4 rings (SSSR count). The molecule has 1 aromatic heterocycles. The van der Waals surface area contributed by atoms with E-state index in [-0.39, 0.29) is 5.91 Å². The molecular formula is C25H31N3O. The largest absolute Gasteiger partial charge is 0.366 e. The zero-order valence-electron chi connectivity index (χ0n) is 17.3. The van der Waals surface area contributed by atoms with Crippen LogP contribution < -0.4 is 5.73 Å². The van der Waals surface area contributed by atoms with Crippen molar-refractivity contribution in [3.8, 4) is 0 Å². The van der Waals surface area contributed by atoms with Crippen LogP contribution in [0.3, 0.4) is 0 Å². The van der Waals surface area contributed by atoms with E-state index in [1.54, 1.807) is 0 Å². The summed E-state index contributed by atoms with van der Waals surface area (Å²) in [6.45, 7) is 5.37. The highest BCUT2D eigenvalue weighted by Crippen LogP contribution is 2.35. The van der Waals surface area contributed by atoms with E-state index in [1.165, 1.54) is 17.6 Å². The Morgan fingerprint density at radius 1 is 1.17 bits per heavy atom. The van der Waals surface area contributed by atoms with Crippen molar-refractivity contribution in [3.63, 3.8) is 0 Å². The molecule has 2 aliphatic rings. The molecule has 2 aromatic rings. The van der Waals surface area contributed by atoms with Crippen molar-refractivity contribution in [2.75, 3.05) is 13.1 Å². The first-order valence-electron chi connectivity index (χ1n) is 10.9. The Labute approximate surface area is 173 Å². The summed E-state index contributed by atoms with van der Waals surface area (Å²) < 4.78 is 0. The van der Waals surface area contributed by atoms with Crippen LogP contribution in [0.1, 0.15) is 72.1 Å². The molecule has 1 fully saturated rings. The number of hydrogen-bond acceptors (Lipinski definition) is 3. The van der Waals surface area contributed by atoms with Gasteiger partial charge in [-0.3, -0.25) is 14.7 Å². The van der Waals surface area contributed by atoms with Crippen molar-refractivity contribution in [2.24, 2.45) is 11.7 Å². The highest BCUT2D eigenvalue weighted by Gasteiger charge is 2.23. The fourth-order valence-electron chi connectivity index (χ4n) is 4.65. The predicted octanol–water partition coefficient (Wildman–Crippen LogP) is 4.76. The van der Waals surface area contributed by atoms with Gasteiger partial charge in [0.25, 0.3) is 0 Å². The average molecular weight is 390 g/mol. The van der Waals surface area contributed by atoms with Crippen molar-refractivity contribution in [2.45, 2.75) is 51.5 Å². The van der Waals surface area contributed by atoms with E-state index in [4.69, 9.17) is 5.73 Å². The summed E-state index contributed by atoms with van der Waals surface area (Å²) in [7, 11) is 0. The Kier molecular flexibility index (Phi) is 6.10. The van der Waals surface area contributed by atoms with Crippen LogP contribution >= 0.6 is 0 Å². The first kappa shape index (κ1) is 19.8. The minimum atomic E-state index is -0.323. The Bertz CT molecular complexity index is 882. The number of rotatable bonds is 5. The lowest BCUT2D eigenvalue weighted by Crippen LogP contribution is -2.32. The molecule has 4 nitrogen and oxygen atoms in total. The molecule has 2 N–H and O–H groups in total. The molecule has 29 heavy (non-hydrogen) atoms. The van der Waals surface area contributed by atoms with Gasteiger partial charge >= 0.3 is 0 Å². The van der Waals surface area contributed by atoms with Gasteiger partial charge in [0.1, 0.15) is 0 Å². The van der Waals surface area contributed by atoms with Gasteiger partial charge in [-0.05, 0) is 91.9 Å². The van der Waals surface area contributed by atoms with Crippen LogP contribution in [0.5, 0.6) is 0 Å². The summed E-state index contributed by atoms with van der Waals surface area (Å²) in [5, 5.41) is 0. The van der Waals surface area contributed by atoms with E-state index >= 15 is 0 Å². The van der Waals surface area contributed by atoms with Crippen molar-refractivity contribution < 1.29 is 4.79 Å². The number of carbonyl (C=O) groups excluding carboxylic acids is 1. The summed E-state index contributed by atoms with van der Waals surface area (Å²) in [4.78, 5) is 19.0. The van der Waals surface area contributed by atoms with Crippen LogP contribution in [0.4, 0.5) is 0 Å². The van der Waals surface area contributed by atoms with E-state index in [0.717, 1.165) is 62.5 Å². The summed E-state index contributed by atoms with van der Waals surface area (Å²) in [5.41, 5.74) is 11.2. The van der Waals surface area contributed by atoms with Crippen LogP contribution in [0.2, 0.25) is 0 Å². The lowest BCUT2D eigenvalue weighted by molar-refractivity contribution is 0.1000. The van der Waals surface area contributed by atoms with Gasteiger partial charge in [0.2, 0.25) is 5.91 Å². The predicted molar refractivity (Wildman–Crippen MR) is 117 cm³/mol. The van der Waals surface area contributed by atoms with E-state index in [2.05, 4.69) is 47.1 Å². The van der Waals surface area contributed by atoms with Gasteiger partial charge in [-0.25, -0.2) is 0 Å². The molecular weight excluding hydrogens is 358 g/mol. The van der Waals surface area contributed by atoms with E-state index in [9.17, 15) is 4.79 Å². The number of aromatic nitrogens is 1. The van der Waals surface area contributed by atoms with Gasteiger partial charge in [0.05, 0.1) is 5.69 Å². The Morgan fingerprint density at radius 2 is 2.00 bits per heavy atom. The number of amides is 1. The summed E-state index contributed by atoms with van der Waals surface area (Å²) in [6.07, 6.45) is 9.76. The molecule has 0 saturated carbocycles. The van der Waals surface area contributed by atoms with Crippen LogP contribution in [-0.4, -0.2) is 28.9 Å². The monoisotopic (exact) mass is 389 g/mol. The molecule has 0 spiro atoms. The number of nitrogens with two attached hydrogens (primary N) is 1. The highest BCUT2D eigenvalue weighted by atomic mass is 16.1. The van der Waals surface area contributed by atoms with Crippen molar-refractivity contribution in [1.29, 1.82) is 0 Å². The second-order valence-electron chi connectivity index (χ2n) is 8.65. The minimum Gasteiger partial charge on any atom is -0.366 e. The minimum absolute atomic E-state index is 0.323. The number of piperidine rings is 1. The Balaban J connectivity index is 1.48. The fraction of sp³-hybridized carbons (Fsp3) is 0.440. The average Bonchev–Trinajstić information content (AvgIpc) is 2.75. The molecule has 1 amide bonds. The number of nitrogens with zero attached hydrogens (tertiary/aromatic N) is 2. The third kappa shape index (κ3) is 4.76. The van der Waals surface area contributed by atoms with Crippen LogP contribution in [0.25, 0.3) is 5.57 Å². The van der Waals surface area contributed by atoms with Crippen LogP contribution in [0, 0.1) is 5.92 Å². The number of primary amides is 1. The molecule has 152 valence electrons.